The second-order valence-corrected chi connectivity index (χ2v) is 8.51. The summed E-state index contributed by atoms with van der Waals surface area (Å²) in [6, 6.07) is 4.63. The van der Waals surface area contributed by atoms with Gasteiger partial charge in [-0.15, -0.1) is 0 Å². The molecular formula is C23H35N3O3. The number of piperidine rings is 1. The number of esters is 1. The zero-order valence-corrected chi connectivity index (χ0v) is 17.7. The Labute approximate surface area is 174 Å². The number of hydrogen-bond acceptors (Lipinski definition) is 5. The molecule has 2 fully saturated rings. The Morgan fingerprint density at radius 3 is 2.72 bits per heavy atom. The predicted molar refractivity (Wildman–Crippen MR) is 112 cm³/mol. The van der Waals surface area contributed by atoms with Crippen LogP contribution in [0.5, 0.6) is 0 Å². The number of carbonyl (C=O) groups excluding carboxylic acids is 2. The standard InChI is InChI=1S/C23H35N3O3/c1-29-23(28)12-11-22(27)26(16-19-7-5-13-24-15-19)18-20-8-6-14-25(17-20)21-9-3-2-4-10-21/h5,7,13,15,20-21H,2-4,6,8-12,14,16-18H2,1H3. The van der Waals surface area contributed by atoms with Crippen LogP contribution in [0.25, 0.3) is 0 Å². The summed E-state index contributed by atoms with van der Waals surface area (Å²) >= 11 is 0. The van der Waals surface area contributed by atoms with Crippen LogP contribution in [0.3, 0.4) is 0 Å². The molecule has 0 radical (unpaired) electrons. The van der Waals surface area contributed by atoms with Crippen LogP contribution in [0.4, 0.5) is 0 Å². The summed E-state index contributed by atoms with van der Waals surface area (Å²) in [6.07, 6.45) is 13.0. The Morgan fingerprint density at radius 1 is 1.17 bits per heavy atom. The molecule has 0 aromatic carbocycles. The van der Waals surface area contributed by atoms with Crippen LogP contribution in [0.2, 0.25) is 0 Å². The Kier molecular flexibility index (Phi) is 8.47. The molecule has 29 heavy (non-hydrogen) atoms. The maximum atomic E-state index is 12.9. The molecule has 160 valence electrons. The van der Waals surface area contributed by atoms with Crippen molar-refractivity contribution in [1.29, 1.82) is 0 Å². The van der Waals surface area contributed by atoms with Crippen LogP contribution in [0.1, 0.15) is 63.4 Å². The van der Waals surface area contributed by atoms with Crippen LogP contribution in [0, 0.1) is 5.92 Å². The van der Waals surface area contributed by atoms with Crippen molar-refractivity contribution in [2.75, 3.05) is 26.7 Å². The molecule has 0 bridgehead atoms. The van der Waals surface area contributed by atoms with Gasteiger partial charge in [-0.25, -0.2) is 0 Å². The van der Waals surface area contributed by atoms with E-state index in [-0.39, 0.29) is 24.7 Å². The molecule has 1 aliphatic carbocycles. The maximum absolute atomic E-state index is 12.9. The van der Waals surface area contributed by atoms with Gasteiger partial charge >= 0.3 is 5.97 Å². The molecule has 1 aliphatic heterocycles. The molecule has 1 atom stereocenters. The van der Waals surface area contributed by atoms with Gasteiger partial charge in [-0.3, -0.25) is 14.6 Å². The molecule has 0 N–H and O–H groups in total. The molecule has 1 aromatic rings. The number of rotatable bonds is 8. The molecule has 1 saturated heterocycles. The van der Waals surface area contributed by atoms with Crippen LogP contribution in [0.15, 0.2) is 24.5 Å². The van der Waals surface area contributed by atoms with E-state index in [0.29, 0.717) is 12.5 Å². The number of amides is 1. The normalized spacial score (nSPS) is 20.9. The highest BCUT2D eigenvalue weighted by Crippen LogP contribution is 2.28. The quantitative estimate of drug-likeness (QED) is 0.625. The Morgan fingerprint density at radius 2 is 2.00 bits per heavy atom. The molecule has 6 nitrogen and oxygen atoms in total. The summed E-state index contributed by atoms with van der Waals surface area (Å²) in [5.41, 5.74) is 1.03. The average molecular weight is 402 g/mol. The SMILES string of the molecule is COC(=O)CCC(=O)N(Cc1cccnc1)CC1CCCN(C2CCCCC2)C1. The summed E-state index contributed by atoms with van der Waals surface area (Å²) in [5, 5.41) is 0. The minimum absolute atomic E-state index is 0.0223. The van der Waals surface area contributed by atoms with Gasteiger partial charge in [0.05, 0.1) is 13.5 Å². The number of ether oxygens (including phenoxy) is 1. The van der Waals surface area contributed by atoms with Gasteiger partial charge in [-0.2, -0.15) is 0 Å². The fourth-order valence-corrected chi connectivity index (χ4v) is 4.77. The topological polar surface area (TPSA) is 62.7 Å². The Hall–Kier alpha value is -1.95. The number of likely N-dealkylation sites (tertiary alicyclic amines) is 1. The summed E-state index contributed by atoms with van der Waals surface area (Å²) < 4.78 is 4.70. The molecular weight excluding hydrogens is 366 g/mol. The third kappa shape index (κ3) is 6.81. The van der Waals surface area contributed by atoms with Crippen molar-refractivity contribution in [2.24, 2.45) is 5.92 Å². The van der Waals surface area contributed by atoms with Crippen molar-refractivity contribution in [3.63, 3.8) is 0 Å². The van der Waals surface area contributed by atoms with Crippen LogP contribution < -0.4 is 0 Å². The number of carbonyl (C=O) groups is 2. The lowest BCUT2D eigenvalue weighted by Gasteiger charge is -2.41. The highest BCUT2D eigenvalue weighted by atomic mass is 16.5. The largest absolute Gasteiger partial charge is 0.469 e. The fourth-order valence-electron chi connectivity index (χ4n) is 4.77. The molecule has 1 amide bonds. The number of nitrogens with zero attached hydrogens (tertiary/aromatic N) is 3. The first-order valence-corrected chi connectivity index (χ1v) is 11.1. The van der Waals surface area contributed by atoms with Crippen molar-refractivity contribution in [3.05, 3.63) is 30.1 Å². The summed E-state index contributed by atoms with van der Waals surface area (Å²) in [6.45, 7) is 3.57. The van der Waals surface area contributed by atoms with Crippen LogP contribution >= 0.6 is 0 Å². The van der Waals surface area contributed by atoms with Gasteiger partial charge < -0.3 is 14.5 Å². The van der Waals surface area contributed by atoms with E-state index in [1.165, 1.54) is 52.2 Å². The monoisotopic (exact) mass is 401 g/mol. The van der Waals surface area contributed by atoms with Crippen molar-refractivity contribution >= 4 is 11.9 Å². The first kappa shape index (κ1) is 21.8. The lowest BCUT2D eigenvalue weighted by Crippen LogP contribution is -2.47. The number of aromatic nitrogens is 1. The molecule has 2 heterocycles. The second-order valence-electron chi connectivity index (χ2n) is 8.51. The zero-order chi connectivity index (χ0) is 20.5. The van der Waals surface area contributed by atoms with Crippen molar-refractivity contribution in [2.45, 2.75) is 70.4 Å². The smallest absolute Gasteiger partial charge is 0.306 e. The van der Waals surface area contributed by atoms with Gasteiger partial charge in [0.2, 0.25) is 5.91 Å². The Balaban J connectivity index is 1.61. The van der Waals surface area contributed by atoms with E-state index in [1.54, 1.807) is 6.20 Å². The van der Waals surface area contributed by atoms with Gasteiger partial charge in [-0.05, 0) is 49.8 Å². The lowest BCUT2D eigenvalue weighted by atomic mass is 9.90. The molecule has 1 unspecified atom stereocenters. The second kappa shape index (κ2) is 11.3. The summed E-state index contributed by atoms with van der Waals surface area (Å²) in [7, 11) is 1.36. The Bertz CT molecular complexity index is 646. The third-order valence-corrected chi connectivity index (χ3v) is 6.34. The third-order valence-electron chi connectivity index (χ3n) is 6.34. The van der Waals surface area contributed by atoms with Gasteiger partial charge in [0, 0.05) is 44.5 Å². The van der Waals surface area contributed by atoms with Crippen LogP contribution in [-0.2, 0) is 20.9 Å². The number of methoxy groups -OCH3 is 1. The molecule has 0 spiro atoms. The summed E-state index contributed by atoms with van der Waals surface area (Å²) in [4.78, 5) is 33.2. The van der Waals surface area contributed by atoms with E-state index in [2.05, 4.69) is 9.88 Å². The van der Waals surface area contributed by atoms with E-state index in [1.807, 2.05) is 23.2 Å². The van der Waals surface area contributed by atoms with Crippen molar-refractivity contribution < 1.29 is 14.3 Å². The number of hydrogen-bond donors (Lipinski definition) is 0. The minimum atomic E-state index is -0.333. The van der Waals surface area contributed by atoms with Gasteiger partial charge in [0.25, 0.3) is 0 Å². The van der Waals surface area contributed by atoms with E-state index in [0.717, 1.165) is 31.1 Å². The van der Waals surface area contributed by atoms with Gasteiger partial charge in [0.1, 0.15) is 0 Å². The van der Waals surface area contributed by atoms with E-state index < -0.39 is 0 Å². The number of pyridine rings is 1. The first-order chi connectivity index (χ1) is 14.2. The van der Waals surface area contributed by atoms with E-state index in [4.69, 9.17) is 4.74 Å². The molecule has 3 rings (SSSR count). The summed E-state index contributed by atoms with van der Waals surface area (Å²) in [5.74, 6) is 0.180. The maximum Gasteiger partial charge on any atom is 0.306 e. The average Bonchev–Trinajstić information content (AvgIpc) is 2.78. The zero-order valence-electron chi connectivity index (χ0n) is 17.7. The molecule has 1 aromatic heterocycles. The van der Waals surface area contributed by atoms with Gasteiger partial charge in [-0.1, -0.05) is 25.3 Å². The van der Waals surface area contributed by atoms with E-state index >= 15 is 0 Å². The van der Waals surface area contributed by atoms with Gasteiger partial charge in [0.15, 0.2) is 0 Å². The van der Waals surface area contributed by atoms with Crippen molar-refractivity contribution in [1.82, 2.24) is 14.8 Å². The van der Waals surface area contributed by atoms with Crippen LogP contribution in [-0.4, -0.2) is 59.4 Å². The molecule has 2 aliphatic rings. The highest BCUT2D eigenvalue weighted by Gasteiger charge is 2.29. The van der Waals surface area contributed by atoms with E-state index in [9.17, 15) is 9.59 Å². The fraction of sp³-hybridized carbons (Fsp3) is 0.696. The molecule has 6 heteroatoms. The minimum Gasteiger partial charge on any atom is -0.469 e. The lowest BCUT2D eigenvalue weighted by molar-refractivity contribution is -0.144. The predicted octanol–water partition coefficient (Wildman–Crippen LogP) is 3.41. The molecule has 1 saturated carbocycles. The first-order valence-electron chi connectivity index (χ1n) is 11.1. The highest BCUT2D eigenvalue weighted by molar-refractivity contribution is 5.81. The van der Waals surface area contributed by atoms with Crippen molar-refractivity contribution in [3.8, 4) is 0 Å².